The molecule has 0 spiro atoms. The first-order valence-corrected chi connectivity index (χ1v) is 29.4. The average Bonchev–Trinajstić information content (AvgIpc) is 3.37. The summed E-state index contributed by atoms with van der Waals surface area (Å²) in [5, 5.41) is 0.308. The van der Waals surface area contributed by atoms with Crippen molar-refractivity contribution < 1.29 is 13.3 Å². The molecule has 3 rings (SSSR count). The van der Waals surface area contributed by atoms with E-state index in [-0.39, 0.29) is 27.9 Å². The van der Waals surface area contributed by atoms with E-state index in [2.05, 4.69) is 141 Å². The Bertz CT molecular complexity index is 1240. The zero-order chi connectivity index (χ0) is 38.8. The van der Waals surface area contributed by atoms with Crippen molar-refractivity contribution in [3.8, 4) is 0 Å². The first-order chi connectivity index (χ1) is 23.3. The largest absolute Gasteiger partial charge is 0.412 e. The van der Waals surface area contributed by atoms with E-state index >= 15 is 0 Å². The van der Waals surface area contributed by atoms with Crippen molar-refractivity contribution >= 4 is 25.0 Å². The predicted octanol–water partition coefficient (Wildman–Crippen LogP) is 14.7. The van der Waals surface area contributed by atoms with Crippen molar-refractivity contribution in [1.82, 2.24) is 0 Å². The Balaban J connectivity index is 1.83. The normalized spacial score (nSPS) is 28.4. The van der Waals surface area contributed by atoms with Crippen LogP contribution in [0.2, 0.25) is 54.4 Å². The molecule has 0 radical (unpaired) electrons. The molecule has 0 heterocycles. The summed E-state index contributed by atoms with van der Waals surface area (Å²) in [6.45, 7) is 45.0. The van der Waals surface area contributed by atoms with Crippen LogP contribution in [-0.4, -0.2) is 42.8 Å². The molecule has 3 saturated carbocycles. The lowest BCUT2D eigenvalue weighted by atomic mass is 9.62. The smallest absolute Gasteiger partial charge is 0.192 e. The second kappa shape index (κ2) is 16.7. The molecule has 3 aliphatic rings. The molecule has 0 aromatic rings. The van der Waals surface area contributed by atoms with Crippen LogP contribution in [0.1, 0.15) is 148 Å². The Labute approximate surface area is 321 Å². The summed E-state index contributed by atoms with van der Waals surface area (Å²) in [7, 11) is -5.58. The Morgan fingerprint density at radius 1 is 0.824 bits per heavy atom. The van der Waals surface area contributed by atoms with E-state index < -0.39 is 25.0 Å². The zero-order valence-corrected chi connectivity index (χ0v) is 40.0. The minimum absolute atomic E-state index is 0.0272. The maximum absolute atomic E-state index is 7.13. The summed E-state index contributed by atoms with van der Waals surface area (Å²) in [5.41, 5.74) is 6.27. The second-order valence-electron chi connectivity index (χ2n) is 20.9. The van der Waals surface area contributed by atoms with Gasteiger partial charge in [0.2, 0.25) is 0 Å². The van der Waals surface area contributed by atoms with Gasteiger partial charge in [-0.2, -0.15) is 0 Å². The van der Waals surface area contributed by atoms with Gasteiger partial charge in [0.25, 0.3) is 0 Å². The van der Waals surface area contributed by atoms with Gasteiger partial charge in [-0.15, -0.1) is 0 Å². The SMILES string of the molecule is C=C1[C@H](O[Si](C)(C)C(C)(C)C)CC(=C/C=C2\CCC[C@]3(C)[C@@H](/C(C)=C/CCC(C)(C)O[Si](CC)(CC)CC)CC[C@@H]23)C[C@H]1O[Si](C)(C)C(C)(C)C. The third-order valence-corrected chi connectivity index (χ3v) is 28.7. The summed E-state index contributed by atoms with van der Waals surface area (Å²) in [6, 6.07) is 3.66. The monoisotopic (exact) mass is 757 g/mol. The molecule has 6 heteroatoms. The van der Waals surface area contributed by atoms with Gasteiger partial charge in [-0.3, -0.25) is 0 Å². The van der Waals surface area contributed by atoms with Crippen LogP contribution in [0.15, 0.2) is 47.1 Å². The lowest BCUT2D eigenvalue weighted by molar-refractivity contribution is 0.0867. The average molecular weight is 757 g/mol. The molecular formula is C45H84O3Si3. The van der Waals surface area contributed by atoms with Crippen molar-refractivity contribution in [2.75, 3.05) is 0 Å². The fourth-order valence-corrected chi connectivity index (χ4v) is 14.9. The van der Waals surface area contributed by atoms with Gasteiger partial charge in [0.1, 0.15) is 0 Å². The van der Waals surface area contributed by atoms with Gasteiger partial charge in [-0.1, -0.05) is 111 Å². The third kappa shape index (κ3) is 10.6. The molecule has 294 valence electrons. The predicted molar refractivity (Wildman–Crippen MR) is 232 cm³/mol. The summed E-state index contributed by atoms with van der Waals surface area (Å²) >= 11 is 0. The number of hydrogen-bond donors (Lipinski definition) is 0. The summed E-state index contributed by atoms with van der Waals surface area (Å²) in [4.78, 5) is 0. The van der Waals surface area contributed by atoms with E-state index in [4.69, 9.17) is 13.3 Å². The number of allylic oxidation sites excluding steroid dienone is 5. The standard InChI is InChI=1S/C45H84O3Si3/c1-19-51(20-2,21-3)48-44(12,13)30-22-24-34(4)38-28-29-39-37(25-23-31-45(38,39)14)27-26-36-32-40(46-49(15,16)42(6,7)8)35(5)41(33-36)47-50(17,18)43(9,10)11/h24,26-27,38-41H,5,19-23,25,28-33H2,1-4,6-18H3/b34-24+,37-27+/t38-,39+,40-,41-,45-/m1/s1. The molecule has 3 aliphatic carbocycles. The van der Waals surface area contributed by atoms with Crippen molar-refractivity contribution in [3.05, 3.63) is 47.1 Å². The Hall–Kier alpha value is -0.509. The summed E-state index contributed by atoms with van der Waals surface area (Å²) < 4.78 is 21.2. The minimum Gasteiger partial charge on any atom is -0.412 e. The van der Waals surface area contributed by atoms with Crippen LogP contribution in [-0.2, 0) is 13.3 Å². The number of fused-ring (bicyclic) bond motifs is 1. The van der Waals surface area contributed by atoms with E-state index in [9.17, 15) is 0 Å². The lowest BCUT2D eigenvalue weighted by Gasteiger charge is -2.46. The highest BCUT2D eigenvalue weighted by Crippen LogP contribution is 2.59. The quantitative estimate of drug-likeness (QED) is 0.130. The van der Waals surface area contributed by atoms with Crippen molar-refractivity contribution in [3.63, 3.8) is 0 Å². The Morgan fingerprint density at radius 2 is 1.33 bits per heavy atom. The molecule has 51 heavy (non-hydrogen) atoms. The van der Waals surface area contributed by atoms with Crippen molar-refractivity contribution in [2.45, 2.75) is 220 Å². The molecule has 3 fully saturated rings. The minimum atomic E-state index is -1.98. The van der Waals surface area contributed by atoms with Crippen LogP contribution < -0.4 is 0 Å². The van der Waals surface area contributed by atoms with Crippen LogP contribution >= 0.6 is 0 Å². The van der Waals surface area contributed by atoms with E-state index in [0.29, 0.717) is 17.3 Å². The first kappa shape index (κ1) is 44.9. The fourth-order valence-electron chi connectivity index (χ4n) is 9.07. The van der Waals surface area contributed by atoms with E-state index in [1.54, 1.807) is 11.1 Å². The van der Waals surface area contributed by atoms with Gasteiger partial charge in [0, 0.05) is 0 Å². The lowest BCUT2D eigenvalue weighted by Crippen LogP contribution is -2.49. The van der Waals surface area contributed by atoms with E-state index in [1.165, 1.54) is 55.8 Å². The molecule has 0 bridgehead atoms. The molecule has 3 nitrogen and oxygen atoms in total. The van der Waals surface area contributed by atoms with Crippen molar-refractivity contribution in [2.24, 2.45) is 17.3 Å². The van der Waals surface area contributed by atoms with Crippen molar-refractivity contribution in [1.29, 1.82) is 0 Å². The fraction of sp³-hybridized carbons (Fsp3) is 0.822. The topological polar surface area (TPSA) is 27.7 Å². The van der Waals surface area contributed by atoms with Crippen LogP contribution in [0.5, 0.6) is 0 Å². The maximum Gasteiger partial charge on any atom is 0.192 e. The van der Waals surface area contributed by atoms with Gasteiger partial charge in [-0.05, 0) is 156 Å². The maximum atomic E-state index is 7.13. The Morgan fingerprint density at radius 3 is 1.80 bits per heavy atom. The number of hydrogen-bond acceptors (Lipinski definition) is 3. The molecule has 0 aliphatic heterocycles. The van der Waals surface area contributed by atoms with Gasteiger partial charge in [0.15, 0.2) is 25.0 Å². The molecule has 0 saturated heterocycles. The Kier molecular flexibility index (Phi) is 14.7. The molecule has 0 aromatic carbocycles. The molecule has 0 amide bonds. The highest BCUT2D eigenvalue weighted by Gasteiger charge is 2.50. The van der Waals surface area contributed by atoms with E-state index in [0.717, 1.165) is 31.3 Å². The molecule has 5 atom stereocenters. The highest BCUT2D eigenvalue weighted by molar-refractivity contribution is 6.74. The molecule has 0 N–H and O–H groups in total. The molecular weight excluding hydrogens is 673 g/mol. The van der Waals surface area contributed by atoms with Gasteiger partial charge < -0.3 is 13.3 Å². The van der Waals surface area contributed by atoms with Crippen LogP contribution in [0.25, 0.3) is 0 Å². The molecule has 0 unspecified atom stereocenters. The third-order valence-electron chi connectivity index (χ3n) is 14.9. The van der Waals surface area contributed by atoms with Crippen LogP contribution in [0, 0.1) is 17.3 Å². The van der Waals surface area contributed by atoms with Gasteiger partial charge >= 0.3 is 0 Å². The highest BCUT2D eigenvalue weighted by atomic mass is 28.4. The van der Waals surface area contributed by atoms with Crippen LogP contribution in [0.3, 0.4) is 0 Å². The summed E-state index contributed by atoms with van der Waals surface area (Å²) in [6.07, 6.45) is 18.3. The van der Waals surface area contributed by atoms with Crippen LogP contribution in [0.4, 0.5) is 0 Å². The second-order valence-corrected chi connectivity index (χ2v) is 35.1. The van der Waals surface area contributed by atoms with Gasteiger partial charge in [-0.25, -0.2) is 0 Å². The van der Waals surface area contributed by atoms with Gasteiger partial charge in [0.05, 0.1) is 17.8 Å². The number of rotatable bonds is 14. The summed E-state index contributed by atoms with van der Waals surface area (Å²) in [5.74, 6) is 1.36. The zero-order valence-electron chi connectivity index (χ0n) is 37.0. The molecule has 0 aromatic heterocycles. The first-order valence-electron chi connectivity index (χ1n) is 21.1. The van der Waals surface area contributed by atoms with E-state index in [1.807, 2.05) is 0 Å².